The zero-order valence-corrected chi connectivity index (χ0v) is 12.3. The summed E-state index contributed by atoms with van der Waals surface area (Å²) in [4.78, 5) is 11.9. The third-order valence-electron chi connectivity index (χ3n) is 2.92. The first-order valence-electron chi connectivity index (χ1n) is 6.99. The minimum absolute atomic E-state index is 0.346. The Balaban J connectivity index is 2.57. The molecule has 5 heteroatoms. The van der Waals surface area contributed by atoms with Crippen LogP contribution in [-0.4, -0.2) is 32.8 Å². The number of para-hydroxylation sites is 1. The summed E-state index contributed by atoms with van der Waals surface area (Å²) >= 11 is 0. The van der Waals surface area contributed by atoms with Crippen molar-refractivity contribution >= 4 is 17.3 Å². The molecule has 0 radical (unpaired) electrons. The van der Waals surface area contributed by atoms with Gasteiger partial charge in [0.2, 0.25) is 0 Å². The number of carbonyl (C=O) groups excluding carboxylic acids is 1. The molecule has 0 saturated heterocycles. The molecule has 0 unspecified atom stereocenters. The van der Waals surface area contributed by atoms with Gasteiger partial charge in [0.15, 0.2) is 0 Å². The van der Waals surface area contributed by atoms with Gasteiger partial charge in [-0.2, -0.15) is 0 Å². The van der Waals surface area contributed by atoms with E-state index < -0.39 is 0 Å². The van der Waals surface area contributed by atoms with E-state index in [4.69, 9.17) is 15.2 Å². The number of methoxy groups -OCH3 is 1. The second-order valence-electron chi connectivity index (χ2n) is 4.47. The van der Waals surface area contributed by atoms with Crippen LogP contribution in [0.15, 0.2) is 18.2 Å². The van der Waals surface area contributed by atoms with Gasteiger partial charge in [-0.15, -0.1) is 0 Å². The molecule has 1 rings (SSSR count). The fraction of sp³-hybridized carbons (Fsp3) is 0.533. The first-order chi connectivity index (χ1) is 9.70. The van der Waals surface area contributed by atoms with Gasteiger partial charge < -0.3 is 20.5 Å². The first-order valence-corrected chi connectivity index (χ1v) is 6.99. The number of nitrogens with two attached hydrogens (primary N) is 1. The molecular weight excluding hydrogens is 256 g/mol. The van der Waals surface area contributed by atoms with E-state index in [-0.39, 0.29) is 5.97 Å². The predicted molar refractivity (Wildman–Crippen MR) is 81.0 cm³/mol. The lowest BCUT2D eigenvalue weighted by molar-refractivity contribution is 0.0527. The maximum atomic E-state index is 11.9. The Kier molecular flexibility index (Phi) is 7.50. The highest BCUT2D eigenvalue weighted by Gasteiger charge is 2.14. The minimum atomic E-state index is -0.346. The Morgan fingerprint density at radius 3 is 2.80 bits per heavy atom. The summed E-state index contributed by atoms with van der Waals surface area (Å²) in [7, 11) is 1.70. The van der Waals surface area contributed by atoms with Crippen molar-refractivity contribution in [3.63, 3.8) is 0 Å². The zero-order valence-electron chi connectivity index (χ0n) is 12.3. The Bertz CT molecular complexity index is 422. The predicted octanol–water partition coefficient (Wildman–Crippen LogP) is 2.67. The molecule has 0 aliphatic heterocycles. The van der Waals surface area contributed by atoms with Crippen molar-refractivity contribution < 1.29 is 14.3 Å². The molecule has 0 aromatic heterocycles. The van der Waals surface area contributed by atoms with Gasteiger partial charge in [-0.05, 0) is 38.3 Å². The van der Waals surface area contributed by atoms with Gasteiger partial charge in [0.05, 0.1) is 23.5 Å². The van der Waals surface area contributed by atoms with Crippen LogP contribution in [0.2, 0.25) is 0 Å². The van der Waals surface area contributed by atoms with Crippen LogP contribution in [0.3, 0.4) is 0 Å². The average molecular weight is 280 g/mol. The summed E-state index contributed by atoms with van der Waals surface area (Å²) in [5, 5.41) is 3.23. The SMILES string of the molecule is CCOC(=O)c1cccc(N)c1NCCCCCOC. The van der Waals surface area contributed by atoms with Crippen LogP contribution in [-0.2, 0) is 9.47 Å². The van der Waals surface area contributed by atoms with Crippen molar-refractivity contribution in [3.8, 4) is 0 Å². The highest BCUT2D eigenvalue weighted by atomic mass is 16.5. The lowest BCUT2D eigenvalue weighted by atomic mass is 10.1. The standard InChI is InChI=1S/C15H24N2O3/c1-3-20-15(18)12-8-7-9-13(16)14(12)17-10-5-4-6-11-19-2/h7-9,17H,3-6,10-11,16H2,1-2H3. The highest BCUT2D eigenvalue weighted by molar-refractivity contribution is 5.98. The third-order valence-corrected chi connectivity index (χ3v) is 2.92. The number of carbonyl (C=O) groups is 1. The molecule has 0 amide bonds. The van der Waals surface area contributed by atoms with E-state index in [2.05, 4.69) is 5.32 Å². The summed E-state index contributed by atoms with van der Waals surface area (Å²) in [5.41, 5.74) is 7.64. The number of esters is 1. The van der Waals surface area contributed by atoms with Crippen molar-refractivity contribution in [3.05, 3.63) is 23.8 Å². The quantitative estimate of drug-likeness (QED) is 0.413. The minimum Gasteiger partial charge on any atom is -0.462 e. The van der Waals surface area contributed by atoms with Gasteiger partial charge in [-0.3, -0.25) is 0 Å². The molecule has 0 spiro atoms. The van der Waals surface area contributed by atoms with Crippen LogP contribution < -0.4 is 11.1 Å². The van der Waals surface area contributed by atoms with Crippen molar-refractivity contribution in [2.24, 2.45) is 0 Å². The fourth-order valence-corrected chi connectivity index (χ4v) is 1.91. The van der Waals surface area contributed by atoms with E-state index in [1.807, 2.05) is 0 Å². The van der Waals surface area contributed by atoms with Crippen LogP contribution in [0.5, 0.6) is 0 Å². The normalized spacial score (nSPS) is 10.3. The molecule has 20 heavy (non-hydrogen) atoms. The van der Waals surface area contributed by atoms with Crippen molar-refractivity contribution in [1.82, 2.24) is 0 Å². The number of nitrogen functional groups attached to an aromatic ring is 1. The maximum absolute atomic E-state index is 11.9. The van der Waals surface area contributed by atoms with Crippen LogP contribution >= 0.6 is 0 Å². The van der Waals surface area contributed by atoms with Crippen molar-refractivity contribution in [1.29, 1.82) is 0 Å². The van der Waals surface area contributed by atoms with Gasteiger partial charge in [-0.1, -0.05) is 6.07 Å². The largest absolute Gasteiger partial charge is 0.462 e. The van der Waals surface area contributed by atoms with E-state index in [0.717, 1.165) is 32.4 Å². The Morgan fingerprint density at radius 2 is 2.10 bits per heavy atom. The van der Waals surface area contributed by atoms with E-state index >= 15 is 0 Å². The number of hydrogen-bond donors (Lipinski definition) is 2. The number of benzene rings is 1. The molecule has 1 aromatic carbocycles. The summed E-state index contributed by atoms with van der Waals surface area (Å²) in [6.45, 7) is 3.68. The number of rotatable bonds is 9. The molecule has 3 N–H and O–H groups in total. The van der Waals surface area contributed by atoms with Crippen LogP contribution in [0, 0.1) is 0 Å². The van der Waals surface area contributed by atoms with Gasteiger partial charge in [0, 0.05) is 20.3 Å². The molecule has 0 heterocycles. The second kappa shape index (κ2) is 9.20. The van der Waals surface area contributed by atoms with Crippen LogP contribution in [0.4, 0.5) is 11.4 Å². The molecule has 0 bridgehead atoms. The topological polar surface area (TPSA) is 73.6 Å². The lowest BCUT2D eigenvalue weighted by Gasteiger charge is -2.13. The molecule has 0 saturated carbocycles. The number of unbranched alkanes of at least 4 members (excludes halogenated alkanes) is 2. The molecule has 0 aliphatic rings. The number of anilines is 2. The van der Waals surface area contributed by atoms with Gasteiger partial charge in [0.25, 0.3) is 0 Å². The number of nitrogens with one attached hydrogen (secondary N) is 1. The molecule has 5 nitrogen and oxygen atoms in total. The molecule has 1 aromatic rings. The maximum Gasteiger partial charge on any atom is 0.340 e. The Hall–Kier alpha value is -1.75. The van der Waals surface area contributed by atoms with E-state index in [0.29, 0.717) is 23.5 Å². The summed E-state index contributed by atoms with van der Waals surface area (Å²) < 4.78 is 10.0. The van der Waals surface area contributed by atoms with E-state index in [1.165, 1.54) is 0 Å². The lowest BCUT2D eigenvalue weighted by Crippen LogP contribution is -2.12. The molecule has 0 atom stereocenters. The molecular formula is C15H24N2O3. The number of ether oxygens (including phenoxy) is 2. The van der Waals surface area contributed by atoms with Gasteiger partial charge >= 0.3 is 5.97 Å². The summed E-state index contributed by atoms with van der Waals surface area (Å²) in [6, 6.07) is 5.25. The van der Waals surface area contributed by atoms with E-state index in [1.54, 1.807) is 32.2 Å². The monoisotopic (exact) mass is 280 g/mol. The summed E-state index contributed by atoms with van der Waals surface area (Å²) in [6.07, 6.45) is 3.11. The van der Waals surface area contributed by atoms with E-state index in [9.17, 15) is 4.79 Å². The van der Waals surface area contributed by atoms with Crippen LogP contribution in [0.25, 0.3) is 0 Å². The highest BCUT2D eigenvalue weighted by Crippen LogP contribution is 2.24. The Morgan fingerprint density at radius 1 is 1.30 bits per heavy atom. The molecule has 112 valence electrons. The van der Waals surface area contributed by atoms with Crippen molar-refractivity contribution in [2.45, 2.75) is 26.2 Å². The smallest absolute Gasteiger partial charge is 0.340 e. The Labute approximate surface area is 120 Å². The van der Waals surface area contributed by atoms with Gasteiger partial charge in [-0.25, -0.2) is 4.79 Å². The van der Waals surface area contributed by atoms with Gasteiger partial charge in [0.1, 0.15) is 0 Å². The fourth-order valence-electron chi connectivity index (χ4n) is 1.91. The average Bonchev–Trinajstić information content (AvgIpc) is 2.44. The number of hydrogen-bond acceptors (Lipinski definition) is 5. The second-order valence-corrected chi connectivity index (χ2v) is 4.47. The first kappa shape index (κ1) is 16.3. The summed E-state index contributed by atoms with van der Waals surface area (Å²) in [5.74, 6) is -0.346. The molecule has 0 fully saturated rings. The van der Waals surface area contributed by atoms with Crippen LogP contribution in [0.1, 0.15) is 36.5 Å². The van der Waals surface area contributed by atoms with Crippen molar-refractivity contribution in [2.75, 3.05) is 37.9 Å². The third kappa shape index (κ3) is 5.09. The zero-order chi connectivity index (χ0) is 14.8. The molecule has 0 aliphatic carbocycles.